The minimum atomic E-state index is -3.80. The number of hydrogen-bond acceptors (Lipinski definition) is 4. The third kappa shape index (κ3) is 7.47. The van der Waals surface area contributed by atoms with Crippen molar-refractivity contribution in [1.29, 1.82) is 0 Å². The molecule has 8 heteroatoms. The monoisotopic (exact) mass is 510 g/mol. The van der Waals surface area contributed by atoms with Gasteiger partial charge in [-0.25, -0.2) is 8.42 Å². The van der Waals surface area contributed by atoms with E-state index in [-0.39, 0.29) is 15.5 Å². The highest BCUT2D eigenvalue weighted by atomic mass is 35.5. The Labute approximate surface area is 210 Å². The predicted octanol–water partition coefficient (Wildman–Crippen LogP) is 6.40. The van der Waals surface area contributed by atoms with Crippen LogP contribution < -0.4 is 4.72 Å². The van der Waals surface area contributed by atoms with E-state index in [0.29, 0.717) is 6.47 Å². The number of carbonyl (C=O) groups excluding carboxylic acids is 1. The Bertz CT molecular complexity index is 1390. The van der Waals surface area contributed by atoms with Crippen molar-refractivity contribution in [3.05, 3.63) is 95.6 Å². The second-order valence-electron chi connectivity index (χ2n) is 8.61. The van der Waals surface area contributed by atoms with Gasteiger partial charge in [-0.2, -0.15) is 0 Å². The molecule has 6 nitrogen and oxygen atoms in total. The summed E-state index contributed by atoms with van der Waals surface area (Å²) in [6.45, 7) is 5.92. The van der Waals surface area contributed by atoms with Crippen LogP contribution in [0.3, 0.4) is 0 Å². The second kappa shape index (κ2) is 11.3. The first-order chi connectivity index (χ1) is 16.6. The number of aromatic amines is 1. The number of carbonyl (C=O) groups is 1. The van der Waals surface area contributed by atoms with Crippen molar-refractivity contribution in [2.24, 2.45) is 0 Å². The van der Waals surface area contributed by atoms with E-state index in [4.69, 9.17) is 11.6 Å². The zero-order valence-electron chi connectivity index (χ0n) is 19.7. The molecular formula is C27H27ClN2O4S. The van der Waals surface area contributed by atoms with Crippen molar-refractivity contribution in [3.8, 4) is 11.3 Å². The fraction of sp³-hybridized carbons (Fsp3) is 0.148. The van der Waals surface area contributed by atoms with E-state index in [1.54, 1.807) is 24.3 Å². The van der Waals surface area contributed by atoms with Crippen molar-refractivity contribution < 1.29 is 17.9 Å². The average molecular weight is 511 g/mol. The Hall–Kier alpha value is -3.55. The first kappa shape index (κ1) is 26.1. The lowest BCUT2D eigenvalue weighted by molar-refractivity contribution is -0.138. The number of sulfonamides is 1. The van der Waals surface area contributed by atoms with Crippen LogP contribution in [-0.2, 0) is 19.6 Å². The number of aromatic nitrogens is 1. The van der Waals surface area contributed by atoms with Gasteiger partial charge >= 0.3 is 0 Å². The molecule has 4 aromatic rings. The van der Waals surface area contributed by atoms with Crippen LogP contribution in [0.25, 0.3) is 28.2 Å². The van der Waals surface area contributed by atoms with Crippen LogP contribution in [-0.4, -0.2) is 25.5 Å². The van der Waals surface area contributed by atoms with Crippen LogP contribution in [0.5, 0.6) is 0 Å². The second-order valence-corrected chi connectivity index (χ2v) is 10.7. The fourth-order valence-electron chi connectivity index (χ4n) is 3.10. The zero-order valence-corrected chi connectivity index (χ0v) is 21.2. The van der Waals surface area contributed by atoms with Crippen molar-refractivity contribution in [2.75, 3.05) is 0 Å². The van der Waals surface area contributed by atoms with E-state index >= 15 is 0 Å². The minimum absolute atomic E-state index is 0.0306. The number of para-hydroxylation sites is 1. The maximum absolute atomic E-state index is 12.7. The van der Waals surface area contributed by atoms with E-state index in [2.05, 4.69) is 14.4 Å². The van der Waals surface area contributed by atoms with Gasteiger partial charge in [0.1, 0.15) is 10.5 Å². The molecule has 182 valence electrons. The smallest absolute Gasteiger partial charge is 0.293 e. The molecule has 0 bridgehead atoms. The van der Waals surface area contributed by atoms with Gasteiger partial charge in [-0.05, 0) is 62.2 Å². The third-order valence-corrected chi connectivity index (χ3v) is 6.57. The van der Waals surface area contributed by atoms with Crippen LogP contribution in [0.1, 0.15) is 26.3 Å². The molecule has 0 aliphatic carbocycles. The summed E-state index contributed by atoms with van der Waals surface area (Å²) in [7, 11) is -3.80. The quantitative estimate of drug-likeness (QED) is 0.294. The first-order valence-corrected chi connectivity index (χ1v) is 12.7. The van der Waals surface area contributed by atoms with Gasteiger partial charge in [0.05, 0.1) is 5.02 Å². The molecule has 0 unspecified atom stereocenters. The molecule has 2 N–H and O–H groups in total. The summed E-state index contributed by atoms with van der Waals surface area (Å²) in [4.78, 5) is 12.9. The summed E-state index contributed by atoms with van der Waals surface area (Å²) in [5.74, 6) is 0. The van der Waals surface area contributed by atoms with Gasteiger partial charge in [-0.15, -0.1) is 0 Å². The van der Waals surface area contributed by atoms with Gasteiger partial charge in [-0.3, -0.25) is 9.52 Å². The number of nitrogens with one attached hydrogen (secondary N) is 2. The number of benzene rings is 3. The normalized spacial score (nSPS) is 11.7. The SMILES string of the molecule is CC(C)(C)OC=O.O=S(=O)(NC=Cc1ccccc1)c1cc(-c2cc3ccccc3[nH]2)ccc1Cl. The van der Waals surface area contributed by atoms with Crippen LogP contribution in [0.4, 0.5) is 0 Å². The molecule has 1 heterocycles. The van der Waals surface area contributed by atoms with Crippen molar-refractivity contribution >= 4 is 45.1 Å². The van der Waals surface area contributed by atoms with Crippen molar-refractivity contribution in [2.45, 2.75) is 31.3 Å². The summed E-state index contributed by atoms with van der Waals surface area (Å²) in [5.41, 5.74) is 3.13. The summed E-state index contributed by atoms with van der Waals surface area (Å²) < 4.78 is 32.5. The molecule has 0 atom stereocenters. The number of ether oxygens (including phenoxy) is 1. The van der Waals surface area contributed by atoms with E-state index < -0.39 is 10.0 Å². The fourth-order valence-corrected chi connectivity index (χ4v) is 4.50. The molecule has 4 rings (SSSR count). The summed E-state index contributed by atoms with van der Waals surface area (Å²) >= 11 is 6.19. The highest BCUT2D eigenvalue weighted by Crippen LogP contribution is 2.30. The third-order valence-electron chi connectivity index (χ3n) is 4.76. The van der Waals surface area contributed by atoms with Gasteiger partial charge in [0.15, 0.2) is 0 Å². The molecule has 0 saturated carbocycles. The van der Waals surface area contributed by atoms with E-state index in [9.17, 15) is 13.2 Å². The maximum Gasteiger partial charge on any atom is 0.293 e. The molecule has 0 amide bonds. The van der Waals surface area contributed by atoms with Gasteiger partial charge in [0.25, 0.3) is 16.5 Å². The lowest BCUT2D eigenvalue weighted by Crippen LogP contribution is -2.18. The van der Waals surface area contributed by atoms with Crippen LogP contribution in [0.2, 0.25) is 5.02 Å². The molecular weight excluding hydrogens is 484 g/mol. The topological polar surface area (TPSA) is 88.3 Å². The molecule has 0 saturated heterocycles. The van der Waals surface area contributed by atoms with Gasteiger partial charge < -0.3 is 9.72 Å². The lowest BCUT2D eigenvalue weighted by atomic mass is 10.1. The molecule has 3 aromatic carbocycles. The number of rotatable bonds is 6. The average Bonchev–Trinajstić information content (AvgIpc) is 3.24. The number of hydrogen-bond donors (Lipinski definition) is 2. The Morgan fingerprint density at radius 2 is 1.63 bits per heavy atom. The molecule has 0 spiro atoms. The Morgan fingerprint density at radius 1 is 0.943 bits per heavy atom. The predicted molar refractivity (Wildman–Crippen MR) is 141 cm³/mol. The molecule has 1 aromatic heterocycles. The van der Waals surface area contributed by atoms with Crippen LogP contribution in [0, 0.1) is 0 Å². The Morgan fingerprint density at radius 3 is 2.26 bits per heavy atom. The largest absolute Gasteiger partial charge is 0.462 e. The maximum atomic E-state index is 12.7. The van der Waals surface area contributed by atoms with Crippen LogP contribution >= 0.6 is 11.6 Å². The number of halogens is 1. The molecule has 0 aliphatic rings. The van der Waals surface area contributed by atoms with Crippen molar-refractivity contribution in [1.82, 2.24) is 9.71 Å². The number of fused-ring (bicyclic) bond motifs is 1. The minimum Gasteiger partial charge on any atom is -0.462 e. The standard InChI is InChI=1S/C22H17ClN2O2S.C5H10O2/c23-19-11-10-18(21-14-17-8-4-5-9-20(17)25-21)15-22(19)28(26,27)24-13-12-16-6-2-1-3-7-16;1-5(2,3)7-4-6/h1-15,24-25H;4H,1-3H3. The van der Waals surface area contributed by atoms with Crippen LogP contribution in [0.15, 0.2) is 90.0 Å². The molecule has 0 fully saturated rings. The summed E-state index contributed by atoms with van der Waals surface area (Å²) in [6.07, 6.45) is 3.09. The summed E-state index contributed by atoms with van der Waals surface area (Å²) in [6, 6.07) is 24.3. The Kier molecular flexibility index (Phi) is 8.38. The molecule has 0 radical (unpaired) electrons. The molecule has 35 heavy (non-hydrogen) atoms. The highest BCUT2D eigenvalue weighted by Gasteiger charge is 2.18. The van der Waals surface area contributed by atoms with E-state index in [1.807, 2.05) is 81.4 Å². The Balaban J connectivity index is 0.000000429. The van der Waals surface area contributed by atoms with Gasteiger partial charge in [-0.1, -0.05) is 66.2 Å². The summed E-state index contributed by atoms with van der Waals surface area (Å²) in [5, 5.41) is 1.22. The van der Waals surface area contributed by atoms with E-state index in [1.165, 1.54) is 6.20 Å². The van der Waals surface area contributed by atoms with Gasteiger partial charge in [0, 0.05) is 22.8 Å². The lowest BCUT2D eigenvalue weighted by Gasteiger charge is -2.14. The van der Waals surface area contributed by atoms with Crippen molar-refractivity contribution in [3.63, 3.8) is 0 Å². The molecule has 0 aliphatic heterocycles. The first-order valence-electron chi connectivity index (χ1n) is 10.8. The zero-order chi connectivity index (χ0) is 25.5. The highest BCUT2D eigenvalue weighted by molar-refractivity contribution is 7.89. The van der Waals surface area contributed by atoms with Gasteiger partial charge in [0.2, 0.25) is 0 Å². The van der Waals surface area contributed by atoms with E-state index in [0.717, 1.165) is 27.7 Å². The number of H-pyrrole nitrogens is 1.